The van der Waals surface area contributed by atoms with Crippen LogP contribution in [0.3, 0.4) is 0 Å². The second kappa shape index (κ2) is 5.12. The van der Waals surface area contributed by atoms with Gasteiger partial charge >= 0.3 is 6.09 Å². The van der Waals surface area contributed by atoms with Crippen molar-refractivity contribution < 1.29 is 19.4 Å². The third kappa shape index (κ3) is 2.32. The lowest BCUT2D eigenvalue weighted by Gasteiger charge is -2.15. The van der Waals surface area contributed by atoms with Gasteiger partial charge in [0.25, 0.3) is 0 Å². The lowest BCUT2D eigenvalue weighted by molar-refractivity contribution is 0.147. The van der Waals surface area contributed by atoms with Crippen LogP contribution in [0.15, 0.2) is 6.07 Å². The smallest absolute Gasteiger partial charge is 0.407 e. The van der Waals surface area contributed by atoms with E-state index in [0.29, 0.717) is 37.6 Å². The first-order valence-corrected chi connectivity index (χ1v) is 5.74. The minimum absolute atomic E-state index is 0.450. The maximum absolute atomic E-state index is 11.0. The van der Waals surface area contributed by atoms with Gasteiger partial charge in [-0.15, -0.1) is 0 Å². The Hall–Kier alpha value is -1.98. The summed E-state index contributed by atoms with van der Waals surface area (Å²) in [6.07, 6.45) is 0.297. The number of hydrogen-bond acceptors (Lipinski definition) is 4. The molecule has 0 aliphatic carbocycles. The highest BCUT2D eigenvalue weighted by Gasteiger charge is 2.22. The van der Waals surface area contributed by atoms with Crippen molar-refractivity contribution in [1.82, 2.24) is 9.88 Å². The number of rotatable bonds is 2. The van der Waals surface area contributed by atoms with E-state index in [0.717, 1.165) is 11.3 Å². The van der Waals surface area contributed by atoms with E-state index in [1.807, 2.05) is 0 Å². The number of methoxy groups -OCH3 is 2. The number of fused-ring (bicyclic) bond motifs is 1. The fraction of sp³-hybridized carbons (Fsp3) is 0.500. The summed E-state index contributed by atoms with van der Waals surface area (Å²) >= 11 is 0. The molecular weight excluding hydrogens is 236 g/mol. The zero-order valence-electron chi connectivity index (χ0n) is 10.5. The van der Waals surface area contributed by atoms with E-state index >= 15 is 0 Å². The summed E-state index contributed by atoms with van der Waals surface area (Å²) in [5, 5.41) is 9.02. The van der Waals surface area contributed by atoms with Gasteiger partial charge in [-0.05, 0) is 6.42 Å². The average molecular weight is 252 g/mol. The minimum Gasteiger partial charge on any atom is -0.496 e. The predicted molar refractivity (Wildman–Crippen MR) is 64.3 cm³/mol. The van der Waals surface area contributed by atoms with Gasteiger partial charge in [-0.2, -0.15) is 0 Å². The Morgan fingerprint density at radius 2 is 2.06 bits per heavy atom. The molecule has 0 radical (unpaired) electrons. The molecule has 0 aromatic carbocycles. The van der Waals surface area contributed by atoms with Crippen molar-refractivity contribution >= 4 is 6.09 Å². The molecule has 0 fully saturated rings. The van der Waals surface area contributed by atoms with Gasteiger partial charge in [-0.3, -0.25) is 0 Å². The van der Waals surface area contributed by atoms with Gasteiger partial charge in [-0.25, -0.2) is 9.78 Å². The molecule has 1 amide bonds. The van der Waals surface area contributed by atoms with Gasteiger partial charge in [0.15, 0.2) is 0 Å². The maximum Gasteiger partial charge on any atom is 0.407 e. The van der Waals surface area contributed by atoms with Gasteiger partial charge in [0.2, 0.25) is 5.88 Å². The molecule has 0 bridgehead atoms. The van der Waals surface area contributed by atoms with E-state index in [-0.39, 0.29) is 0 Å². The fourth-order valence-electron chi connectivity index (χ4n) is 2.13. The number of aromatic nitrogens is 1. The Labute approximate surface area is 105 Å². The van der Waals surface area contributed by atoms with E-state index in [9.17, 15) is 4.79 Å². The lowest BCUT2D eigenvalue weighted by Crippen LogP contribution is -2.31. The average Bonchev–Trinajstić information content (AvgIpc) is 2.59. The summed E-state index contributed by atoms with van der Waals surface area (Å²) in [6.45, 7) is 0.915. The Balaban J connectivity index is 2.34. The highest BCUT2D eigenvalue weighted by molar-refractivity contribution is 5.65. The van der Waals surface area contributed by atoms with Crippen LogP contribution in [0.4, 0.5) is 4.79 Å². The van der Waals surface area contributed by atoms with Gasteiger partial charge in [-0.1, -0.05) is 0 Å². The van der Waals surface area contributed by atoms with Crippen molar-refractivity contribution in [2.45, 2.75) is 12.8 Å². The van der Waals surface area contributed by atoms with Crippen LogP contribution >= 0.6 is 0 Å². The van der Waals surface area contributed by atoms with E-state index < -0.39 is 6.09 Å². The molecular formula is C12H16N2O4. The van der Waals surface area contributed by atoms with Crippen molar-refractivity contribution in [3.05, 3.63) is 17.3 Å². The maximum atomic E-state index is 11.0. The van der Waals surface area contributed by atoms with Crippen LogP contribution in [-0.4, -0.2) is 48.4 Å². The van der Waals surface area contributed by atoms with Crippen LogP contribution in [0.2, 0.25) is 0 Å². The van der Waals surface area contributed by atoms with Gasteiger partial charge in [0.05, 0.1) is 19.9 Å². The zero-order valence-corrected chi connectivity index (χ0v) is 10.5. The first-order chi connectivity index (χ1) is 8.65. The number of nitrogens with zero attached hydrogens (tertiary/aromatic N) is 2. The molecule has 1 aromatic rings. The Bertz CT molecular complexity index is 462. The van der Waals surface area contributed by atoms with Crippen LogP contribution in [-0.2, 0) is 12.8 Å². The van der Waals surface area contributed by atoms with Crippen LogP contribution < -0.4 is 9.47 Å². The number of pyridine rings is 1. The molecule has 1 aromatic heterocycles. The molecule has 18 heavy (non-hydrogen) atoms. The number of hydrogen-bond donors (Lipinski definition) is 1. The molecule has 1 N–H and O–H groups in total. The monoisotopic (exact) mass is 252 g/mol. The van der Waals surface area contributed by atoms with Crippen LogP contribution in [0.5, 0.6) is 11.6 Å². The predicted octanol–water partition coefficient (Wildman–Crippen LogP) is 1.18. The van der Waals surface area contributed by atoms with Crippen LogP contribution in [0.25, 0.3) is 0 Å². The molecule has 2 heterocycles. The first-order valence-electron chi connectivity index (χ1n) is 5.74. The first kappa shape index (κ1) is 12.5. The van der Waals surface area contributed by atoms with E-state index in [1.54, 1.807) is 20.3 Å². The number of carboxylic acid groups (broad SMARTS) is 1. The van der Waals surface area contributed by atoms with Crippen molar-refractivity contribution in [1.29, 1.82) is 0 Å². The summed E-state index contributed by atoms with van der Waals surface area (Å²) in [4.78, 5) is 16.8. The number of amides is 1. The SMILES string of the molecule is COc1cc(OC)c2c(n1)CCN(C(=O)O)CC2. The van der Waals surface area contributed by atoms with Gasteiger partial charge in [0.1, 0.15) is 5.75 Å². The molecule has 1 aliphatic heterocycles. The Morgan fingerprint density at radius 3 is 2.67 bits per heavy atom. The standard InChI is InChI=1S/C12H16N2O4/c1-17-10-7-11(18-2)13-9-4-6-14(12(15)16)5-3-8(9)10/h7H,3-6H2,1-2H3,(H,15,16). The van der Waals surface area contributed by atoms with Gasteiger partial charge < -0.3 is 19.5 Å². The van der Waals surface area contributed by atoms with Crippen molar-refractivity contribution in [2.75, 3.05) is 27.3 Å². The molecule has 1 aliphatic rings. The third-order valence-corrected chi connectivity index (χ3v) is 3.10. The highest BCUT2D eigenvalue weighted by atomic mass is 16.5. The van der Waals surface area contributed by atoms with Crippen molar-refractivity contribution in [3.63, 3.8) is 0 Å². The molecule has 0 saturated heterocycles. The Kier molecular flexibility index (Phi) is 3.55. The molecule has 2 rings (SSSR count). The topological polar surface area (TPSA) is 71.9 Å². The zero-order chi connectivity index (χ0) is 13.1. The second-order valence-corrected chi connectivity index (χ2v) is 4.06. The summed E-state index contributed by atoms with van der Waals surface area (Å²) in [5.41, 5.74) is 1.83. The second-order valence-electron chi connectivity index (χ2n) is 4.06. The third-order valence-electron chi connectivity index (χ3n) is 3.10. The van der Waals surface area contributed by atoms with Crippen molar-refractivity contribution in [2.24, 2.45) is 0 Å². The van der Waals surface area contributed by atoms with Crippen LogP contribution in [0.1, 0.15) is 11.3 Å². The van der Waals surface area contributed by atoms with Crippen molar-refractivity contribution in [3.8, 4) is 11.6 Å². The normalized spacial score (nSPS) is 14.7. The molecule has 0 atom stereocenters. The minimum atomic E-state index is -0.895. The van der Waals surface area contributed by atoms with E-state index in [4.69, 9.17) is 14.6 Å². The molecule has 98 valence electrons. The molecule has 0 unspecified atom stereocenters. The van der Waals surface area contributed by atoms with Gasteiger partial charge in [0, 0.05) is 31.1 Å². The van der Waals surface area contributed by atoms with E-state index in [1.165, 1.54) is 4.90 Å². The quantitative estimate of drug-likeness (QED) is 0.855. The summed E-state index contributed by atoms with van der Waals surface area (Å²) in [7, 11) is 3.14. The molecule has 6 heteroatoms. The van der Waals surface area contributed by atoms with Crippen LogP contribution in [0, 0.1) is 0 Å². The summed E-state index contributed by atoms with van der Waals surface area (Å²) in [5.74, 6) is 1.21. The largest absolute Gasteiger partial charge is 0.496 e. The molecule has 6 nitrogen and oxygen atoms in total. The highest BCUT2D eigenvalue weighted by Crippen LogP contribution is 2.28. The molecule has 0 spiro atoms. The number of carbonyl (C=O) groups is 1. The summed E-state index contributed by atoms with van der Waals surface area (Å²) < 4.78 is 10.4. The fourth-order valence-corrected chi connectivity index (χ4v) is 2.13. The van der Waals surface area contributed by atoms with E-state index in [2.05, 4.69) is 4.98 Å². The summed E-state index contributed by atoms with van der Waals surface area (Å²) in [6, 6.07) is 1.73. The Morgan fingerprint density at radius 1 is 1.33 bits per heavy atom. The molecule has 0 saturated carbocycles. The lowest BCUT2D eigenvalue weighted by atomic mass is 10.1. The number of ether oxygens (including phenoxy) is 2.